The van der Waals surface area contributed by atoms with Crippen molar-refractivity contribution in [3.05, 3.63) is 18.2 Å². The number of thiazole rings is 1. The number of methoxy groups -OCH3 is 1. The van der Waals surface area contributed by atoms with Crippen molar-refractivity contribution in [2.45, 2.75) is 18.9 Å². The van der Waals surface area contributed by atoms with Gasteiger partial charge in [-0.25, -0.2) is 4.98 Å². The summed E-state index contributed by atoms with van der Waals surface area (Å²) >= 11 is 1.54. The van der Waals surface area contributed by atoms with Crippen LogP contribution in [0.1, 0.15) is 12.8 Å². The van der Waals surface area contributed by atoms with E-state index in [9.17, 15) is 4.79 Å². The van der Waals surface area contributed by atoms with Crippen LogP contribution < -0.4 is 15.4 Å². The van der Waals surface area contributed by atoms with Gasteiger partial charge < -0.3 is 15.4 Å². The van der Waals surface area contributed by atoms with Crippen molar-refractivity contribution in [2.75, 3.05) is 19.0 Å². The first kappa shape index (κ1) is 12.2. The number of hydrogen-bond acceptors (Lipinski definition) is 5. The number of carbonyl (C=O) groups is 1. The molecule has 1 aliphatic heterocycles. The first-order valence-corrected chi connectivity index (χ1v) is 7.07. The maximum absolute atomic E-state index is 11.7. The summed E-state index contributed by atoms with van der Waals surface area (Å²) in [6.07, 6.45) is 1.85. The van der Waals surface area contributed by atoms with Gasteiger partial charge in [0.1, 0.15) is 11.8 Å². The second-order valence-corrected chi connectivity index (χ2v) is 5.51. The molecule has 0 radical (unpaired) electrons. The Morgan fingerprint density at radius 3 is 3.21 bits per heavy atom. The Hall–Kier alpha value is -1.82. The molecule has 1 unspecified atom stereocenters. The molecule has 1 aliphatic rings. The van der Waals surface area contributed by atoms with Gasteiger partial charge in [0, 0.05) is 6.54 Å². The molecule has 0 saturated carbocycles. The monoisotopic (exact) mass is 277 g/mol. The topological polar surface area (TPSA) is 63.2 Å². The zero-order chi connectivity index (χ0) is 13.2. The lowest BCUT2D eigenvalue weighted by atomic mass is 10.1. The molecule has 1 aromatic carbocycles. The van der Waals surface area contributed by atoms with Crippen LogP contribution in [0.4, 0.5) is 5.13 Å². The van der Waals surface area contributed by atoms with Gasteiger partial charge in [0.05, 0.1) is 17.3 Å². The van der Waals surface area contributed by atoms with Crippen molar-refractivity contribution < 1.29 is 9.53 Å². The highest BCUT2D eigenvalue weighted by Gasteiger charge is 2.22. The SMILES string of the molecule is COc1ccc2nc(NC3CCCNC3=O)sc2c1. The number of carbonyl (C=O) groups excluding carboxylic acids is 1. The van der Waals surface area contributed by atoms with Gasteiger partial charge in [0.2, 0.25) is 5.91 Å². The fourth-order valence-electron chi connectivity index (χ4n) is 2.15. The second-order valence-electron chi connectivity index (χ2n) is 4.48. The third-order valence-corrected chi connectivity index (χ3v) is 4.13. The van der Waals surface area contributed by atoms with E-state index in [1.165, 1.54) is 0 Å². The molecule has 0 bridgehead atoms. The van der Waals surface area contributed by atoms with Crippen LogP contribution in [0.25, 0.3) is 10.2 Å². The van der Waals surface area contributed by atoms with E-state index in [2.05, 4.69) is 15.6 Å². The molecule has 1 saturated heterocycles. The van der Waals surface area contributed by atoms with E-state index in [0.29, 0.717) is 0 Å². The van der Waals surface area contributed by atoms with Gasteiger partial charge in [0.15, 0.2) is 5.13 Å². The third-order valence-electron chi connectivity index (χ3n) is 3.18. The van der Waals surface area contributed by atoms with Crippen LogP contribution in [0.3, 0.4) is 0 Å². The fourth-order valence-corrected chi connectivity index (χ4v) is 3.10. The summed E-state index contributed by atoms with van der Waals surface area (Å²) < 4.78 is 6.25. The highest BCUT2D eigenvalue weighted by Crippen LogP contribution is 2.29. The molecular formula is C13H15N3O2S. The summed E-state index contributed by atoms with van der Waals surface area (Å²) in [5, 5.41) is 6.85. The number of benzene rings is 1. The Balaban J connectivity index is 1.82. The summed E-state index contributed by atoms with van der Waals surface area (Å²) in [5.74, 6) is 0.876. The number of anilines is 1. The number of nitrogens with one attached hydrogen (secondary N) is 2. The molecule has 100 valence electrons. The van der Waals surface area contributed by atoms with E-state index in [-0.39, 0.29) is 11.9 Å². The molecule has 1 atom stereocenters. The lowest BCUT2D eigenvalue weighted by Crippen LogP contribution is -2.44. The average Bonchev–Trinajstić information content (AvgIpc) is 2.82. The number of amides is 1. The number of hydrogen-bond donors (Lipinski definition) is 2. The Kier molecular flexibility index (Phi) is 3.25. The van der Waals surface area contributed by atoms with Crippen LogP contribution in [0.2, 0.25) is 0 Å². The molecule has 1 fully saturated rings. The molecule has 0 spiro atoms. The highest BCUT2D eigenvalue weighted by molar-refractivity contribution is 7.22. The second kappa shape index (κ2) is 5.05. The van der Waals surface area contributed by atoms with E-state index < -0.39 is 0 Å². The van der Waals surface area contributed by atoms with Crippen molar-refractivity contribution in [1.82, 2.24) is 10.3 Å². The maximum atomic E-state index is 11.7. The van der Waals surface area contributed by atoms with E-state index in [1.807, 2.05) is 18.2 Å². The van der Waals surface area contributed by atoms with Crippen LogP contribution in [0.15, 0.2) is 18.2 Å². The lowest BCUT2D eigenvalue weighted by molar-refractivity contribution is -0.123. The van der Waals surface area contributed by atoms with Gasteiger partial charge >= 0.3 is 0 Å². The number of rotatable bonds is 3. The van der Waals surface area contributed by atoms with Crippen molar-refractivity contribution >= 4 is 32.6 Å². The molecule has 1 amide bonds. The van der Waals surface area contributed by atoms with Crippen molar-refractivity contribution in [3.8, 4) is 5.75 Å². The lowest BCUT2D eigenvalue weighted by Gasteiger charge is -2.22. The predicted octanol–water partition coefficient (Wildman–Crippen LogP) is 2.00. The van der Waals surface area contributed by atoms with E-state index in [1.54, 1.807) is 18.4 Å². The van der Waals surface area contributed by atoms with E-state index in [4.69, 9.17) is 4.74 Å². The van der Waals surface area contributed by atoms with E-state index in [0.717, 1.165) is 40.5 Å². The van der Waals surface area contributed by atoms with E-state index >= 15 is 0 Å². The molecule has 3 rings (SSSR count). The maximum Gasteiger partial charge on any atom is 0.242 e. The minimum absolute atomic E-state index is 0.0584. The van der Waals surface area contributed by atoms with Crippen molar-refractivity contribution in [3.63, 3.8) is 0 Å². The number of aromatic nitrogens is 1. The van der Waals surface area contributed by atoms with Crippen molar-refractivity contribution in [2.24, 2.45) is 0 Å². The summed E-state index contributed by atoms with van der Waals surface area (Å²) in [4.78, 5) is 16.2. The van der Waals surface area contributed by atoms with Crippen LogP contribution in [0.5, 0.6) is 5.75 Å². The molecule has 6 heteroatoms. The zero-order valence-corrected chi connectivity index (χ0v) is 11.4. The highest BCUT2D eigenvalue weighted by atomic mass is 32.1. The van der Waals surface area contributed by atoms with Crippen molar-refractivity contribution in [1.29, 1.82) is 0 Å². The Morgan fingerprint density at radius 2 is 2.42 bits per heavy atom. The van der Waals surface area contributed by atoms with Gasteiger partial charge in [-0.05, 0) is 31.0 Å². The summed E-state index contributed by atoms with van der Waals surface area (Å²) in [7, 11) is 1.65. The standard InChI is InChI=1S/C13H15N3O2S/c1-18-8-4-5-9-11(7-8)19-13(15-9)16-10-3-2-6-14-12(10)17/h4-5,7,10H,2-3,6H2,1H3,(H,14,17)(H,15,16). The first-order valence-electron chi connectivity index (χ1n) is 6.25. The minimum atomic E-state index is -0.170. The smallest absolute Gasteiger partial charge is 0.242 e. The molecule has 19 heavy (non-hydrogen) atoms. The van der Waals surface area contributed by atoms with Gasteiger partial charge in [-0.2, -0.15) is 0 Å². The summed E-state index contributed by atoms with van der Waals surface area (Å²) in [6, 6.07) is 5.60. The van der Waals surface area contributed by atoms with Crippen LogP contribution in [-0.4, -0.2) is 30.6 Å². The minimum Gasteiger partial charge on any atom is -0.497 e. The van der Waals surface area contributed by atoms with Gasteiger partial charge in [0.25, 0.3) is 0 Å². The summed E-state index contributed by atoms with van der Waals surface area (Å²) in [6.45, 7) is 0.772. The fraction of sp³-hybridized carbons (Fsp3) is 0.385. The zero-order valence-electron chi connectivity index (χ0n) is 10.6. The predicted molar refractivity (Wildman–Crippen MR) is 75.8 cm³/mol. The quantitative estimate of drug-likeness (QED) is 0.900. The van der Waals surface area contributed by atoms with Gasteiger partial charge in [-0.1, -0.05) is 11.3 Å². The molecule has 5 nitrogen and oxygen atoms in total. The largest absolute Gasteiger partial charge is 0.497 e. The number of piperidine rings is 1. The Labute approximate surface area is 115 Å². The molecule has 2 aromatic rings. The van der Waals surface area contributed by atoms with Crippen LogP contribution >= 0.6 is 11.3 Å². The van der Waals surface area contributed by atoms with Gasteiger partial charge in [-0.15, -0.1) is 0 Å². The number of ether oxygens (including phenoxy) is 1. The van der Waals surface area contributed by atoms with Crippen LogP contribution in [-0.2, 0) is 4.79 Å². The number of fused-ring (bicyclic) bond motifs is 1. The average molecular weight is 277 g/mol. The van der Waals surface area contributed by atoms with Crippen LogP contribution in [0, 0.1) is 0 Å². The molecular weight excluding hydrogens is 262 g/mol. The molecule has 2 heterocycles. The molecule has 2 N–H and O–H groups in total. The normalized spacial score (nSPS) is 19.2. The first-order chi connectivity index (χ1) is 9.26. The third kappa shape index (κ3) is 2.49. The molecule has 1 aromatic heterocycles. The number of nitrogens with zero attached hydrogens (tertiary/aromatic N) is 1. The summed E-state index contributed by atoms with van der Waals surface area (Å²) in [5.41, 5.74) is 0.921. The Bertz CT molecular complexity index is 611. The molecule has 0 aliphatic carbocycles. The van der Waals surface area contributed by atoms with Gasteiger partial charge in [-0.3, -0.25) is 4.79 Å². The Morgan fingerprint density at radius 1 is 1.53 bits per heavy atom.